The predicted octanol–water partition coefficient (Wildman–Crippen LogP) is 2.37. The molecule has 0 saturated carbocycles. The number of rotatable bonds is 6. The number of amides is 2. The van der Waals surface area contributed by atoms with Gasteiger partial charge in [-0.1, -0.05) is 35.5 Å². The molecule has 0 fully saturated rings. The van der Waals surface area contributed by atoms with Gasteiger partial charge in [0, 0.05) is 22.9 Å². The molecule has 0 radical (unpaired) electrons. The van der Waals surface area contributed by atoms with Crippen LogP contribution in [-0.4, -0.2) is 45.1 Å². The zero-order valence-electron chi connectivity index (χ0n) is 15.6. The Morgan fingerprint density at radius 2 is 1.97 bits per heavy atom. The quantitative estimate of drug-likeness (QED) is 0.622. The van der Waals surface area contributed by atoms with Gasteiger partial charge in [-0.2, -0.15) is 4.98 Å². The van der Waals surface area contributed by atoms with Crippen molar-refractivity contribution in [2.75, 3.05) is 18.5 Å². The lowest BCUT2D eigenvalue weighted by Gasteiger charge is -2.13. The van der Waals surface area contributed by atoms with Gasteiger partial charge in [0.1, 0.15) is 5.70 Å². The predicted molar refractivity (Wildman–Crippen MR) is 105 cm³/mol. The largest absolute Gasteiger partial charge is 0.395 e. The van der Waals surface area contributed by atoms with E-state index >= 15 is 0 Å². The number of benzene rings is 2. The third-order valence-corrected chi connectivity index (χ3v) is 4.53. The van der Waals surface area contributed by atoms with E-state index in [1.54, 1.807) is 18.2 Å². The van der Waals surface area contributed by atoms with E-state index in [1.165, 1.54) is 6.08 Å². The molecule has 8 heteroatoms. The summed E-state index contributed by atoms with van der Waals surface area (Å²) in [6.07, 6.45) is 1.22. The number of aliphatic hydroxyl groups excluding tert-OH is 1. The molecule has 146 valence electrons. The molecule has 2 heterocycles. The van der Waals surface area contributed by atoms with Gasteiger partial charge in [-0.15, -0.1) is 0 Å². The Morgan fingerprint density at radius 1 is 1.14 bits per heavy atom. The van der Waals surface area contributed by atoms with E-state index in [1.807, 2.05) is 37.3 Å². The summed E-state index contributed by atoms with van der Waals surface area (Å²) in [7, 11) is 0. The summed E-state index contributed by atoms with van der Waals surface area (Å²) in [5.41, 5.74) is 3.34. The summed E-state index contributed by atoms with van der Waals surface area (Å²) < 4.78 is 5.41. The van der Waals surface area contributed by atoms with Crippen LogP contribution >= 0.6 is 0 Å². The third kappa shape index (κ3) is 3.65. The monoisotopic (exact) mass is 390 g/mol. The molecule has 0 saturated heterocycles. The van der Waals surface area contributed by atoms with Crippen LogP contribution in [0.25, 0.3) is 22.8 Å². The van der Waals surface area contributed by atoms with Crippen LogP contribution in [0.1, 0.15) is 5.56 Å². The Morgan fingerprint density at radius 3 is 2.76 bits per heavy atom. The molecule has 0 spiro atoms. The number of carbonyl (C=O) groups is 2. The lowest BCUT2D eigenvalue weighted by Crippen LogP contribution is -2.34. The highest BCUT2D eigenvalue weighted by Gasteiger charge is 2.30. The van der Waals surface area contributed by atoms with Gasteiger partial charge in [-0.25, -0.2) is 0 Å². The van der Waals surface area contributed by atoms with Crippen LogP contribution in [0.4, 0.5) is 5.69 Å². The molecule has 2 amide bonds. The Bertz CT molecular complexity index is 1120. The fraction of sp³-hybridized carbons (Fsp3) is 0.143. The van der Waals surface area contributed by atoms with Crippen molar-refractivity contribution in [2.45, 2.75) is 6.92 Å². The SMILES string of the molecule is Cc1ccccc1-c1noc(-c2cccc(NC3=CC(=O)N(CCO)C3=O)c2)n1. The van der Waals surface area contributed by atoms with Crippen LogP contribution < -0.4 is 5.32 Å². The second kappa shape index (κ2) is 7.69. The second-order valence-corrected chi connectivity index (χ2v) is 6.52. The van der Waals surface area contributed by atoms with Gasteiger partial charge in [0.05, 0.1) is 13.2 Å². The van der Waals surface area contributed by atoms with E-state index in [0.717, 1.165) is 16.0 Å². The van der Waals surface area contributed by atoms with E-state index in [0.29, 0.717) is 23.0 Å². The van der Waals surface area contributed by atoms with E-state index in [4.69, 9.17) is 9.63 Å². The van der Waals surface area contributed by atoms with Crippen molar-refractivity contribution in [3.8, 4) is 22.8 Å². The number of carbonyl (C=O) groups excluding carboxylic acids is 2. The maximum absolute atomic E-state index is 12.3. The Balaban J connectivity index is 1.56. The molecule has 2 aromatic carbocycles. The molecule has 3 aromatic rings. The smallest absolute Gasteiger partial charge is 0.277 e. The van der Waals surface area contributed by atoms with Gasteiger partial charge in [-0.05, 0) is 30.7 Å². The first-order valence-electron chi connectivity index (χ1n) is 9.02. The molecular formula is C21H18N4O4. The molecular weight excluding hydrogens is 372 g/mol. The maximum atomic E-state index is 12.3. The molecule has 4 rings (SSSR count). The number of imide groups is 1. The van der Waals surface area contributed by atoms with Crippen molar-refractivity contribution < 1.29 is 19.2 Å². The highest BCUT2D eigenvalue weighted by Crippen LogP contribution is 2.27. The van der Waals surface area contributed by atoms with Crippen LogP contribution in [-0.2, 0) is 9.59 Å². The average Bonchev–Trinajstić information content (AvgIpc) is 3.30. The average molecular weight is 390 g/mol. The summed E-state index contributed by atoms with van der Waals surface area (Å²) in [5, 5.41) is 16.0. The number of hydrogen-bond donors (Lipinski definition) is 2. The van der Waals surface area contributed by atoms with Crippen LogP contribution in [0, 0.1) is 6.92 Å². The normalized spacial score (nSPS) is 13.7. The van der Waals surface area contributed by atoms with E-state index in [-0.39, 0.29) is 18.8 Å². The van der Waals surface area contributed by atoms with Crippen molar-refractivity contribution >= 4 is 17.5 Å². The fourth-order valence-corrected chi connectivity index (χ4v) is 3.07. The van der Waals surface area contributed by atoms with Crippen molar-refractivity contribution in [3.05, 3.63) is 65.9 Å². The molecule has 29 heavy (non-hydrogen) atoms. The number of anilines is 1. The van der Waals surface area contributed by atoms with Crippen molar-refractivity contribution in [2.24, 2.45) is 0 Å². The summed E-state index contributed by atoms with van der Waals surface area (Å²) in [5.74, 6) is -0.0939. The van der Waals surface area contributed by atoms with Crippen molar-refractivity contribution in [1.29, 1.82) is 0 Å². The molecule has 0 aliphatic carbocycles. The highest BCUT2D eigenvalue weighted by molar-refractivity contribution is 6.17. The first-order valence-corrected chi connectivity index (χ1v) is 9.02. The fourth-order valence-electron chi connectivity index (χ4n) is 3.07. The second-order valence-electron chi connectivity index (χ2n) is 6.52. The minimum absolute atomic E-state index is 0.0386. The van der Waals surface area contributed by atoms with Crippen molar-refractivity contribution in [1.82, 2.24) is 15.0 Å². The minimum atomic E-state index is -0.478. The van der Waals surface area contributed by atoms with Gasteiger partial charge >= 0.3 is 0 Å². The number of nitrogens with zero attached hydrogens (tertiary/aromatic N) is 3. The van der Waals surface area contributed by atoms with Gasteiger partial charge in [0.25, 0.3) is 17.7 Å². The molecule has 1 aliphatic rings. The first kappa shape index (κ1) is 18.6. The number of aryl methyl sites for hydroxylation is 1. The van der Waals surface area contributed by atoms with Gasteiger partial charge < -0.3 is 14.9 Å². The number of β-amino-alcohol motifs (C(OH)–C–C–N with tert-alkyl or cyclic N) is 1. The summed E-state index contributed by atoms with van der Waals surface area (Å²) in [6.45, 7) is 1.65. The zero-order valence-corrected chi connectivity index (χ0v) is 15.6. The van der Waals surface area contributed by atoms with Crippen LogP contribution in [0.5, 0.6) is 0 Å². The van der Waals surface area contributed by atoms with Crippen molar-refractivity contribution in [3.63, 3.8) is 0 Å². The maximum Gasteiger partial charge on any atom is 0.277 e. The highest BCUT2D eigenvalue weighted by atomic mass is 16.5. The van der Waals surface area contributed by atoms with E-state index < -0.39 is 11.8 Å². The third-order valence-electron chi connectivity index (χ3n) is 4.53. The molecule has 8 nitrogen and oxygen atoms in total. The summed E-state index contributed by atoms with van der Waals surface area (Å²) >= 11 is 0. The lowest BCUT2D eigenvalue weighted by atomic mass is 10.1. The van der Waals surface area contributed by atoms with E-state index in [9.17, 15) is 9.59 Å². The van der Waals surface area contributed by atoms with Crippen LogP contribution in [0.15, 0.2) is 64.8 Å². The minimum Gasteiger partial charge on any atom is -0.395 e. The molecule has 0 atom stereocenters. The topological polar surface area (TPSA) is 109 Å². The molecule has 1 aliphatic heterocycles. The molecule has 0 bridgehead atoms. The summed E-state index contributed by atoms with van der Waals surface area (Å²) in [6, 6.07) is 14.9. The number of nitrogens with one attached hydrogen (secondary N) is 1. The van der Waals surface area contributed by atoms with Gasteiger partial charge in [0.15, 0.2) is 0 Å². The molecule has 2 N–H and O–H groups in total. The number of aliphatic hydroxyl groups is 1. The van der Waals surface area contributed by atoms with E-state index in [2.05, 4.69) is 15.5 Å². The Labute approximate surface area is 166 Å². The van der Waals surface area contributed by atoms with Gasteiger partial charge in [-0.3, -0.25) is 14.5 Å². The number of aromatic nitrogens is 2. The number of hydrogen-bond acceptors (Lipinski definition) is 7. The van der Waals surface area contributed by atoms with Gasteiger partial charge in [0.2, 0.25) is 5.82 Å². The first-order chi connectivity index (χ1) is 14.1. The molecule has 0 unspecified atom stereocenters. The van der Waals surface area contributed by atoms with Crippen LogP contribution in [0.2, 0.25) is 0 Å². The Hall–Kier alpha value is -3.78. The Kier molecular flexibility index (Phi) is 4.92. The van der Waals surface area contributed by atoms with Crippen LogP contribution in [0.3, 0.4) is 0 Å². The summed E-state index contributed by atoms with van der Waals surface area (Å²) in [4.78, 5) is 29.6. The lowest BCUT2D eigenvalue weighted by molar-refractivity contribution is -0.137. The zero-order chi connectivity index (χ0) is 20.4. The standard InChI is InChI=1S/C21H18N4O4/c1-13-5-2-3-8-16(13)19-23-20(29-24-19)14-6-4-7-15(11-14)22-17-12-18(27)25(9-10-26)21(17)28/h2-8,11-12,22,26H,9-10H2,1H3. The molecule has 1 aromatic heterocycles.